The van der Waals surface area contributed by atoms with Gasteiger partial charge in [-0.25, -0.2) is 0 Å². The summed E-state index contributed by atoms with van der Waals surface area (Å²) in [7, 11) is 0. The number of ether oxygens (including phenoxy) is 2. The van der Waals surface area contributed by atoms with E-state index in [4.69, 9.17) is 9.47 Å². The van der Waals surface area contributed by atoms with Crippen molar-refractivity contribution in [1.82, 2.24) is 10.2 Å². The monoisotopic (exact) mass is 430 g/mol. The van der Waals surface area contributed by atoms with E-state index in [-0.39, 0.29) is 24.3 Å². The highest BCUT2D eigenvalue weighted by Gasteiger charge is 2.37. The molecule has 0 bridgehead atoms. The van der Waals surface area contributed by atoms with Crippen molar-refractivity contribution in [3.63, 3.8) is 0 Å². The SMILES string of the molecule is CC(Oc1ccc(C(C)C)cc1)C(=O)N1CCNC(=O)C1CC(=O)OC1CCCCC1. The minimum atomic E-state index is -0.869. The van der Waals surface area contributed by atoms with E-state index in [0.29, 0.717) is 24.8 Å². The predicted molar refractivity (Wildman–Crippen MR) is 117 cm³/mol. The van der Waals surface area contributed by atoms with E-state index < -0.39 is 18.1 Å². The Balaban J connectivity index is 1.61. The standard InChI is InChI=1S/C24H34N2O5/c1-16(2)18-9-11-20(12-10-18)30-17(3)24(29)26-14-13-25-23(28)21(26)15-22(27)31-19-7-5-4-6-8-19/h9-12,16-17,19,21H,4-8,13-15H2,1-3H3,(H,25,28). The Morgan fingerprint density at radius 3 is 2.42 bits per heavy atom. The highest BCUT2D eigenvalue weighted by Crippen LogP contribution is 2.23. The summed E-state index contributed by atoms with van der Waals surface area (Å²) in [4.78, 5) is 39.5. The summed E-state index contributed by atoms with van der Waals surface area (Å²) in [6, 6.07) is 6.79. The normalized spacial score (nSPS) is 20.8. The van der Waals surface area contributed by atoms with E-state index in [1.165, 1.54) is 16.9 Å². The maximum atomic E-state index is 13.1. The molecule has 2 amide bonds. The Labute approximate surface area is 184 Å². The lowest BCUT2D eigenvalue weighted by atomic mass is 9.98. The molecule has 7 heteroatoms. The molecule has 1 aliphatic carbocycles. The van der Waals surface area contributed by atoms with Gasteiger partial charge in [0.25, 0.3) is 5.91 Å². The van der Waals surface area contributed by atoms with Gasteiger partial charge in [-0.15, -0.1) is 0 Å². The zero-order chi connectivity index (χ0) is 22.4. The maximum Gasteiger partial charge on any atom is 0.308 e. The number of carbonyl (C=O) groups excluding carboxylic acids is 3. The Hall–Kier alpha value is -2.57. The topological polar surface area (TPSA) is 84.9 Å². The lowest BCUT2D eigenvalue weighted by Gasteiger charge is -2.36. The van der Waals surface area contributed by atoms with Crippen molar-refractivity contribution in [2.45, 2.75) is 83.5 Å². The van der Waals surface area contributed by atoms with Crippen LogP contribution in [0, 0.1) is 0 Å². The van der Waals surface area contributed by atoms with Gasteiger partial charge >= 0.3 is 5.97 Å². The molecular formula is C24H34N2O5. The van der Waals surface area contributed by atoms with Crippen molar-refractivity contribution in [2.24, 2.45) is 0 Å². The molecule has 7 nitrogen and oxygen atoms in total. The molecule has 1 heterocycles. The first kappa shape index (κ1) is 23.1. The quantitative estimate of drug-likeness (QED) is 0.672. The molecule has 0 radical (unpaired) electrons. The van der Waals surface area contributed by atoms with Crippen LogP contribution in [0.4, 0.5) is 0 Å². The van der Waals surface area contributed by atoms with Gasteiger partial charge in [-0.3, -0.25) is 14.4 Å². The highest BCUT2D eigenvalue weighted by molar-refractivity contribution is 5.93. The maximum absolute atomic E-state index is 13.1. The van der Waals surface area contributed by atoms with Crippen molar-refractivity contribution >= 4 is 17.8 Å². The van der Waals surface area contributed by atoms with Gasteiger partial charge in [-0.1, -0.05) is 32.4 Å². The number of esters is 1. The third kappa shape index (κ3) is 6.21. The fourth-order valence-corrected chi connectivity index (χ4v) is 4.18. The largest absolute Gasteiger partial charge is 0.481 e. The fourth-order valence-electron chi connectivity index (χ4n) is 4.18. The van der Waals surface area contributed by atoms with Crippen LogP contribution in [0.1, 0.15) is 70.8 Å². The Morgan fingerprint density at radius 1 is 1.10 bits per heavy atom. The van der Waals surface area contributed by atoms with Crippen molar-refractivity contribution in [3.05, 3.63) is 29.8 Å². The van der Waals surface area contributed by atoms with E-state index in [1.54, 1.807) is 6.92 Å². The lowest BCUT2D eigenvalue weighted by molar-refractivity contribution is -0.157. The van der Waals surface area contributed by atoms with Gasteiger partial charge in [-0.2, -0.15) is 0 Å². The Kier molecular flexibility index (Phi) is 7.93. The number of rotatable bonds is 7. The zero-order valence-electron chi connectivity index (χ0n) is 18.8. The summed E-state index contributed by atoms with van der Waals surface area (Å²) in [6.07, 6.45) is 4.03. The van der Waals surface area contributed by atoms with Crippen LogP contribution < -0.4 is 10.1 Å². The average molecular weight is 431 g/mol. The smallest absolute Gasteiger partial charge is 0.308 e. The molecule has 1 N–H and O–H groups in total. The van der Waals surface area contributed by atoms with E-state index in [9.17, 15) is 14.4 Å². The Bertz CT molecular complexity index is 771. The molecule has 1 aliphatic heterocycles. The van der Waals surface area contributed by atoms with Crippen LogP contribution in [-0.4, -0.2) is 54.0 Å². The van der Waals surface area contributed by atoms with Crippen LogP contribution in [0.3, 0.4) is 0 Å². The molecule has 170 valence electrons. The summed E-state index contributed by atoms with van der Waals surface area (Å²) >= 11 is 0. The number of piperazine rings is 1. The molecule has 1 saturated carbocycles. The van der Waals surface area contributed by atoms with E-state index >= 15 is 0 Å². The van der Waals surface area contributed by atoms with Crippen LogP contribution in [0.25, 0.3) is 0 Å². The van der Waals surface area contributed by atoms with Gasteiger partial charge in [0.15, 0.2) is 6.10 Å². The second kappa shape index (κ2) is 10.6. The summed E-state index contributed by atoms with van der Waals surface area (Å²) in [6.45, 7) is 6.59. The third-order valence-corrected chi connectivity index (χ3v) is 6.03. The molecule has 1 saturated heterocycles. The Morgan fingerprint density at radius 2 is 1.77 bits per heavy atom. The number of nitrogens with zero attached hydrogens (tertiary/aromatic N) is 1. The lowest BCUT2D eigenvalue weighted by Crippen LogP contribution is -2.60. The van der Waals surface area contributed by atoms with Crippen LogP contribution in [0.15, 0.2) is 24.3 Å². The molecule has 1 aromatic carbocycles. The summed E-state index contributed by atoms with van der Waals surface area (Å²) < 4.78 is 11.4. The first-order chi connectivity index (χ1) is 14.8. The van der Waals surface area contributed by atoms with Crippen molar-refractivity contribution in [2.75, 3.05) is 13.1 Å². The molecule has 1 aromatic rings. The van der Waals surface area contributed by atoms with Gasteiger partial charge < -0.3 is 19.7 Å². The van der Waals surface area contributed by atoms with Crippen LogP contribution in [-0.2, 0) is 19.1 Å². The van der Waals surface area contributed by atoms with Gasteiger partial charge in [-0.05, 0) is 56.2 Å². The number of carbonyl (C=O) groups is 3. The molecule has 2 fully saturated rings. The average Bonchev–Trinajstić information content (AvgIpc) is 2.75. The summed E-state index contributed by atoms with van der Waals surface area (Å²) in [5, 5.41) is 2.75. The number of amides is 2. The first-order valence-electron chi connectivity index (χ1n) is 11.4. The van der Waals surface area contributed by atoms with Gasteiger partial charge in [0, 0.05) is 13.1 Å². The number of hydrogen-bond acceptors (Lipinski definition) is 5. The van der Waals surface area contributed by atoms with E-state index in [0.717, 1.165) is 25.7 Å². The van der Waals surface area contributed by atoms with E-state index in [2.05, 4.69) is 19.2 Å². The number of hydrogen-bond donors (Lipinski definition) is 1. The second-order valence-corrected chi connectivity index (χ2v) is 8.78. The molecular weight excluding hydrogens is 396 g/mol. The van der Waals surface area contributed by atoms with Gasteiger partial charge in [0.1, 0.15) is 17.9 Å². The minimum Gasteiger partial charge on any atom is -0.481 e. The molecule has 0 aromatic heterocycles. The van der Waals surface area contributed by atoms with Crippen molar-refractivity contribution < 1.29 is 23.9 Å². The van der Waals surface area contributed by atoms with Gasteiger partial charge in [0.05, 0.1) is 6.42 Å². The molecule has 2 aliphatic rings. The highest BCUT2D eigenvalue weighted by atomic mass is 16.5. The summed E-state index contributed by atoms with van der Waals surface area (Å²) in [5.74, 6) is -0.0504. The minimum absolute atomic E-state index is 0.0758. The van der Waals surface area contributed by atoms with Crippen LogP contribution in [0.5, 0.6) is 5.75 Å². The molecule has 0 spiro atoms. The molecule has 2 atom stereocenters. The molecule has 31 heavy (non-hydrogen) atoms. The zero-order valence-corrected chi connectivity index (χ0v) is 18.8. The molecule has 2 unspecified atom stereocenters. The number of nitrogens with one attached hydrogen (secondary N) is 1. The summed E-state index contributed by atoms with van der Waals surface area (Å²) in [5.41, 5.74) is 1.19. The molecule has 3 rings (SSSR count). The number of benzene rings is 1. The second-order valence-electron chi connectivity index (χ2n) is 8.78. The third-order valence-electron chi connectivity index (χ3n) is 6.03. The van der Waals surface area contributed by atoms with Crippen molar-refractivity contribution in [3.8, 4) is 5.75 Å². The van der Waals surface area contributed by atoms with E-state index in [1.807, 2.05) is 24.3 Å². The fraction of sp³-hybridized carbons (Fsp3) is 0.625. The van der Waals surface area contributed by atoms with Crippen molar-refractivity contribution in [1.29, 1.82) is 0 Å². The predicted octanol–water partition coefficient (Wildman–Crippen LogP) is 3.17. The van der Waals surface area contributed by atoms with Crippen LogP contribution in [0.2, 0.25) is 0 Å². The van der Waals surface area contributed by atoms with Gasteiger partial charge in [0.2, 0.25) is 5.91 Å². The van der Waals surface area contributed by atoms with Crippen LogP contribution >= 0.6 is 0 Å². The first-order valence-corrected chi connectivity index (χ1v) is 11.4.